The molecule has 0 spiro atoms. The van der Waals surface area contributed by atoms with Crippen LogP contribution in [0.2, 0.25) is 0 Å². The van der Waals surface area contributed by atoms with Gasteiger partial charge in [0.25, 0.3) is 0 Å². The van der Waals surface area contributed by atoms with Crippen LogP contribution >= 0.6 is 0 Å². The molecule has 0 radical (unpaired) electrons. The number of phenolic OH excluding ortho intramolecular Hbond substituents is 1. The molecule has 0 aliphatic rings. The molecule has 0 aliphatic carbocycles. The zero-order valence-electron chi connectivity index (χ0n) is 62.6. The number of pyridine rings is 1. The molecule has 0 bridgehead atoms. The van der Waals surface area contributed by atoms with Crippen LogP contribution < -0.4 is 0 Å². The number of fused-ring (bicyclic) bond motifs is 1. The van der Waals surface area contributed by atoms with Crippen molar-refractivity contribution < 1.29 is 57.7 Å². The molecule has 354 valence electrons. The minimum Gasteiger partial charge on any atom is -0.507 e. The van der Waals surface area contributed by atoms with E-state index in [-0.39, 0.29) is 54.3 Å². The van der Waals surface area contributed by atoms with Crippen molar-refractivity contribution in [1.82, 2.24) is 14.5 Å². The summed E-state index contributed by atoms with van der Waals surface area (Å²) in [6, 6.07) is 31.7. The maximum Gasteiger partial charge on any atom is 0.148 e. The van der Waals surface area contributed by atoms with Gasteiger partial charge in [0.2, 0.25) is 0 Å². The van der Waals surface area contributed by atoms with Crippen molar-refractivity contribution in [2.24, 2.45) is 0 Å². The number of para-hydroxylation sites is 2. The summed E-state index contributed by atoms with van der Waals surface area (Å²) < 4.78 is 207. The van der Waals surface area contributed by atoms with E-state index >= 15 is 0 Å². The number of hydrogen-bond acceptors (Lipinski definition) is 3. The zero-order chi connectivity index (χ0) is 67.8. The second kappa shape index (κ2) is 18.1. The topological polar surface area (TPSA) is 50.9 Å². The normalized spacial score (nSPS) is 18.9. The number of imidazole rings is 1. The SMILES string of the molecule is [2H]c1c(-c2nc3c(-c4[c-]c(-c5cc(-c6ccc(C(C)(C)C)cc6)c(C([2H])([2H])[2H])cn5)cc(C(C)(C)C)c4)cccc3n2-c2c(-c3ccccc3)cccc2C(C)(C)C)c(O)c(C(C([2H])([2H])[2H])(C([2H])([2H])[2H])C([2H])([2H])[2H])c([2H])c1C(C([2H])([2H])[2H])(C([2H])([2H])[2H])C([2H])([2H])[2H].[Pt]. The Morgan fingerprint density at radius 1 is 0.559 bits per heavy atom. The van der Waals surface area contributed by atoms with Crippen LogP contribution in [0.5, 0.6) is 5.75 Å². The van der Waals surface area contributed by atoms with Crippen molar-refractivity contribution in [3.8, 4) is 67.5 Å². The number of hydrogen-bond donors (Lipinski definition) is 1. The van der Waals surface area contributed by atoms with E-state index in [9.17, 15) is 7.85 Å². The maximum atomic E-state index is 13.3. The van der Waals surface area contributed by atoms with E-state index in [1.165, 1.54) is 10.8 Å². The van der Waals surface area contributed by atoms with Gasteiger partial charge in [-0.15, -0.1) is 29.3 Å². The first-order chi connectivity index (χ1) is 40.8. The summed E-state index contributed by atoms with van der Waals surface area (Å²) >= 11 is 0. The van der Waals surface area contributed by atoms with Crippen LogP contribution in [-0.2, 0) is 48.1 Å². The van der Waals surface area contributed by atoms with E-state index < -0.39 is 110 Å². The van der Waals surface area contributed by atoms with Crippen LogP contribution in [-0.4, -0.2) is 19.6 Å². The molecule has 1 N–H and O–H groups in total. The van der Waals surface area contributed by atoms with Crippen molar-refractivity contribution in [2.75, 3.05) is 0 Å². The zero-order valence-corrected chi connectivity index (χ0v) is 41.8. The molecule has 0 saturated heterocycles. The fourth-order valence-corrected chi connectivity index (χ4v) is 8.37. The first kappa shape index (κ1) is 28.2. The second-order valence-corrected chi connectivity index (χ2v) is 20.4. The minimum atomic E-state index is -4.47. The molecule has 5 heteroatoms. The quantitative estimate of drug-likeness (QED) is 0.169. The Bertz CT molecular complexity index is 3900. The monoisotopic (exact) mass is 1100 g/mol. The van der Waals surface area contributed by atoms with E-state index in [1.54, 1.807) is 72.8 Å². The predicted octanol–water partition coefficient (Wildman–Crippen LogP) is 17.1. The van der Waals surface area contributed by atoms with Crippen LogP contribution in [0.3, 0.4) is 0 Å². The van der Waals surface area contributed by atoms with Gasteiger partial charge in [-0.3, -0.25) is 9.55 Å². The molecule has 0 atom stereocenters. The van der Waals surface area contributed by atoms with Gasteiger partial charge in [0.1, 0.15) is 11.6 Å². The molecular formula is C63H70N3OPt-. The van der Waals surface area contributed by atoms with E-state index in [0.717, 1.165) is 5.56 Å². The average molecular weight is 1100 g/mol. The Labute approximate surface area is 453 Å². The van der Waals surface area contributed by atoms with Gasteiger partial charge in [-0.2, -0.15) is 0 Å². The average Bonchev–Trinajstić information content (AvgIpc) is 1.23. The summed E-state index contributed by atoms with van der Waals surface area (Å²) in [7, 11) is 0. The summed E-state index contributed by atoms with van der Waals surface area (Å²) in [5.74, 6) is -2.45. The molecule has 8 rings (SSSR count). The Balaban J connectivity index is 0.0000118. The van der Waals surface area contributed by atoms with E-state index in [0.29, 0.717) is 50.2 Å². The van der Waals surface area contributed by atoms with Gasteiger partial charge in [0.15, 0.2) is 0 Å². The molecule has 8 aromatic rings. The Morgan fingerprint density at radius 2 is 1.19 bits per heavy atom. The molecule has 68 heavy (non-hydrogen) atoms. The van der Waals surface area contributed by atoms with Crippen LogP contribution in [0.15, 0.2) is 127 Å². The fraction of sp³-hybridized carbons (Fsp3) is 0.333. The van der Waals surface area contributed by atoms with Crippen LogP contribution in [0.1, 0.15) is 168 Å². The molecule has 0 unspecified atom stereocenters. The summed E-state index contributed by atoms with van der Waals surface area (Å²) in [5.41, 5.74) is -10.00. The third-order valence-electron chi connectivity index (χ3n) is 12.1. The summed E-state index contributed by atoms with van der Waals surface area (Å²) in [6.45, 7) is -11.1. The van der Waals surface area contributed by atoms with Gasteiger partial charge < -0.3 is 5.11 Å². The Hall–Kier alpha value is -5.57. The molecule has 6 aromatic carbocycles. The van der Waals surface area contributed by atoms with Gasteiger partial charge >= 0.3 is 0 Å². The van der Waals surface area contributed by atoms with Crippen LogP contribution in [0.4, 0.5) is 0 Å². The maximum absolute atomic E-state index is 13.3. The van der Waals surface area contributed by atoms with Crippen LogP contribution in [0.25, 0.3) is 72.7 Å². The van der Waals surface area contributed by atoms with Crippen molar-refractivity contribution in [1.29, 1.82) is 0 Å². The predicted molar refractivity (Wildman–Crippen MR) is 285 cm³/mol. The van der Waals surface area contributed by atoms with E-state index in [4.69, 9.17) is 38.8 Å². The molecule has 2 heterocycles. The molecule has 0 amide bonds. The third kappa shape index (κ3) is 9.82. The molecular weight excluding hydrogens is 1010 g/mol. The minimum absolute atomic E-state index is 0. The van der Waals surface area contributed by atoms with Crippen LogP contribution in [0, 0.1) is 12.9 Å². The van der Waals surface area contributed by atoms with E-state index in [2.05, 4.69) is 26.8 Å². The number of nitrogens with zero attached hydrogens (tertiary/aromatic N) is 3. The van der Waals surface area contributed by atoms with Gasteiger partial charge in [-0.25, -0.2) is 4.98 Å². The first-order valence-corrected chi connectivity index (χ1v) is 22.1. The number of benzene rings is 6. The standard InChI is InChI=1S/C63H70N3O.Pt/c1-39-38-64-53(37-49(39)41-28-30-44(31-29-41)59(2,3)4)43-32-42(33-45(34-43)60(5,6)7)47-24-21-27-54-55(47)65-58(50-35-46(61(8,9)10)36-52(57(50)67)63(14,15)16)66(54)56-48(40-22-18-17-19-23-40)25-20-26-51(56)62(11,12)13;/h17-31,33-38,67H,1-16H3;/q-1;/i1D3,8D3,9D3,10D3,14D3,15D3,16D3,35D,36D;. The molecule has 0 aliphatic heterocycles. The number of aromatic nitrogens is 3. The Morgan fingerprint density at radius 3 is 1.82 bits per heavy atom. The van der Waals surface area contributed by atoms with Gasteiger partial charge in [-0.05, 0) is 85.0 Å². The smallest absolute Gasteiger partial charge is 0.148 e. The number of aryl methyl sites for hydroxylation is 1. The molecule has 2 aromatic heterocycles. The first-order valence-electron chi connectivity index (χ1n) is 33.6. The fourth-order valence-electron chi connectivity index (χ4n) is 8.37. The third-order valence-corrected chi connectivity index (χ3v) is 12.1. The molecule has 4 nitrogen and oxygen atoms in total. The Kier molecular flexibility index (Phi) is 7.49. The second-order valence-electron chi connectivity index (χ2n) is 20.4. The van der Waals surface area contributed by atoms with Gasteiger partial charge in [-0.1, -0.05) is 212 Å². The van der Waals surface area contributed by atoms with Crippen molar-refractivity contribution >= 4 is 11.0 Å². The number of phenols is 1. The summed E-state index contributed by atoms with van der Waals surface area (Å²) in [4.78, 5) is 9.87. The van der Waals surface area contributed by atoms with Gasteiger partial charge in [0.05, 0.1) is 25.0 Å². The largest absolute Gasteiger partial charge is 0.507 e. The number of aromatic hydroxyl groups is 1. The van der Waals surface area contributed by atoms with E-state index in [1.807, 2.05) is 77.9 Å². The molecule has 0 saturated carbocycles. The number of rotatable bonds is 6. The summed E-state index contributed by atoms with van der Waals surface area (Å²) in [6.07, 6.45) is 1.30. The van der Waals surface area contributed by atoms with Crippen molar-refractivity contribution in [3.05, 3.63) is 167 Å². The summed E-state index contributed by atoms with van der Waals surface area (Å²) in [5, 5.41) is 13.3. The van der Waals surface area contributed by atoms with Crippen molar-refractivity contribution in [3.63, 3.8) is 0 Å². The molecule has 0 fully saturated rings. The van der Waals surface area contributed by atoms with Crippen molar-refractivity contribution in [2.45, 2.75) is 137 Å². The van der Waals surface area contributed by atoms with Gasteiger partial charge in [0, 0.05) is 72.9 Å².